The molecule has 1 N–H and O–H groups in total. The van der Waals surface area contributed by atoms with E-state index in [1.807, 2.05) is 13.8 Å². The SMILES string of the molecule is CC[C@@H](C)C(=O)Nc1cnc(Cl)nc1C. The fraction of sp³-hybridized carbons (Fsp3) is 0.500. The lowest BCUT2D eigenvalue weighted by Gasteiger charge is -2.10. The minimum Gasteiger partial charge on any atom is -0.323 e. The highest BCUT2D eigenvalue weighted by molar-refractivity contribution is 6.28. The Hall–Kier alpha value is -1.16. The zero-order chi connectivity index (χ0) is 11.4. The molecular weight excluding hydrogens is 214 g/mol. The predicted octanol–water partition coefficient (Wildman–Crippen LogP) is 2.42. The number of amides is 1. The fourth-order valence-electron chi connectivity index (χ4n) is 1.00. The maximum absolute atomic E-state index is 11.6. The van der Waals surface area contributed by atoms with Crippen molar-refractivity contribution in [1.29, 1.82) is 0 Å². The molecule has 0 spiro atoms. The van der Waals surface area contributed by atoms with Gasteiger partial charge in [0.05, 0.1) is 17.6 Å². The van der Waals surface area contributed by atoms with Crippen LogP contribution in [0.5, 0.6) is 0 Å². The molecule has 0 aromatic carbocycles. The van der Waals surface area contributed by atoms with Crippen LogP contribution in [-0.2, 0) is 4.79 Å². The molecule has 0 radical (unpaired) electrons. The molecule has 5 heteroatoms. The highest BCUT2D eigenvalue weighted by Crippen LogP contribution is 2.14. The third-order valence-electron chi connectivity index (χ3n) is 2.27. The maximum Gasteiger partial charge on any atom is 0.227 e. The van der Waals surface area contributed by atoms with Gasteiger partial charge in [-0.2, -0.15) is 0 Å². The highest BCUT2D eigenvalue weighted by Gasteiger charge is 2.12. The molecule has 1 aromatic rings. The van der Waals surface area contributed by atoms with E-state index in [0.29, 0.717) is 11.4 Å². The van der Waals surface area contributed by atoms with Crippen molar-refractivity contribution >= 4 is 23.2 Å². The second-order valence-electron chi connectivity index (χ2n) is 3.44. The van der Waals surface area contributed by atoms with Gasteiger partial charge < -0.3 is 5.32 Å². The number of anilines is 1. The van der Waals surface area contributed by atoms with Gasteiger partial charge in [-0.3, -0.25) is 4.79 Å². The topological polar surface area (TPSA) is 54.9 Å². The van der Waals surface area contributed by atoms with Crippen LogP contribution in [0.1, 0.15) is 26.0 Å². The van der Waals surface area contributed by atoms with E-state index in [9.17, 15) is 4.79 Å². The smallest absolute Gasteiger partial charge is 0.227 e. The third-order valence-corrected chi connectivity index (χ3v) is 2.45. The van der Waals surface area contributed by atoms with Gasteiger partial charge in [-0.05, 0) is 24.9 Å². The van der Waals surface area contributed by atoms with E-state index in [-0.39, 0.29) is 17.1 Å². The molecule has 0 aliphatic carbocycles. The Morgan fingerprint density at radius 3 is 2.87 bits per heavy atom. The summed E-state index contributed by atoms with van der Waals surface area (Å²) < 4.78 is 0. The number of rotatable bonds is 3. The van der Waals surface area contributed by atoms with Gasteiger partial charge >= 0.3 is 0 Å². The maximum atomic E-state index is 11.6. The van der Waals surface area contributed by atoms with Crippen molar-refractivity contribution in [3.05, 3.63) is 17.2 Å². The minimum atomic E-state index is -0.0217. The molecule has 1 aromatic heterocycles. The summed E-state index contributed by atoms with van der Waals surface area (Å²) in [5, 5.41) is 2.95. The fourth-order valence-corrected chi connectivity index (χ4v) is 1.18. The van der Waals surface area contributed by atoms with Crippen LogP contribution >= 0.6 is 11.6 Å². The number of nitrogens with zero attached hydrogens (tertiary/aromatic N) is 2. The summed E-state index contributed by atoms with van der Waals surface area (Å²) in [5.41, 5.74) is 1.29. The number of hydrogen-bond acceptors (Lipinski definition) is 3. The first-order chi connectivity index (χ1) is 7.04. The Kier molecular flexibility index (Phi) is 4.03. The lowest BCUT2D eigenvalue weighted by molar-refractivity contribution is -0.119. The molecule has 1 heterocycles. The Labute approximate surface area is 94.1 Å². The zero-order valence-corrected chi connectivity index (χ0v) is 9.80. The molecule has 0 aliphatic rings. The second-order valence-corrected chi connectivity index (χ2v) is 3.77. The van der Waals surface area contributed by atoms with Gasteiger partial charge in [0.15, 0.2) is 0 Å². The van der Waals surface area contributed by atoms with Crippen LogP contribution < -0.4 is 5.32 Å². The summed E-state index contributed by atoms with van der Waals surface area (Å²) in [6.07, 6.45) is 2.32. The van der Waals surface area contributed by atoms with Gasteiger partial charge in [0.2, 0.25) is 11.2 Å². The Morgan fingerprint density at radius 2 is 2.33 bits per heavy atom. The molecule has 1 rings (SSSR count). The Balaban J connectivity index is 2.77. The highest BCUT2D eigenvalue weighted by atomic mass is 35.5. The molecule has 0 unspecified atom stereocenters. The lowest BCUT2D eigenvalue weighted by atomic mass is 10.1. The van der Waals surface area contributed by atoms with E-state index in [2.05, 4.69) is 15.3 Å². The van der Waals surface area contributed by atoms with Gasteiger partial charge in [-0.1, -0.05) is 13.8 Å². The van der Waals surface area contributed by atoms with Crippen LogP contribution in [0.2, 0.25) is 5.28 Å². The van der Waals surface area contributed by atoms with Crippen LogP contribution in [0.15, 0.2) is 6.20 Å². The second kappa shape index (κ2) is 5.07. The van der Waals surface area contributed by atoms with Crippen molar-refractivity contribution in [1.82, 2.24) is 9.97 Å². The average molecular weight is 228 g/mol. The van der Waals surface area contributed by atoms with Gasteiger partial charge in [0.25, 0.3) is 0 Å². The van der Waals surface area contributed by atoms with Gasteiger partial charge in [-0.25, -0.2) is 9.97 Å². The standard InChI is InChI=1S/C10H14ClN3O/c1-4-6(2)9(15)14-8-5-12-10(11)13-7(8)3/h5-6H,4H2,1-3H3,(H,14,15)/t6-/m1/s1. The van der Waals surface area contributed by atoms with Crippen molar-refractivity contribution in [3.63, 3.8) is 0 Å². The van der Waals surface area contributed by atoms with E-state index < -0.39 is 0 Å². The molecule has 4 nitrogen and oxygen atoms in total. The van der Waals surface area contributed by atoms with Crippen LogP contribution in [-0.4, -0.2) is 15.9 Å². The van der Waals surface area contributed by atoms with E-state index in [4.69, 9.17) is 11.6 Å². The molecular formula is C10H14ClN3O. The van der Waals surface area contributed by atoms with E-state index in [0.717, 1.165) is 6.42 Å². The molecule has 82 valence electrons. The van der Waals surface area contributed by atoms with Gasteiger partial charge in [0.1, 0.15) is 0 Å². The molecule has 0 fully saturated rings. The van der Waals surface area contributed by atoms with E-state index in [1.54, 1.807) is 6.92 Å². The van der Waals surface area contributed by atoms with Crippen LogP contribution in [0.3, 0.4) is 0 Å². The number of aryl methyl sites for hydroxylation is 1. The lowest BCUT2D eigenvalue weighted by Crippen LogP contribution is -2.20. The summed E-state index contributed by atoms with van der Waals surface area (Å²) in [6, 6.07) is 0. The molecule has 0 bridgehead atoms. The molecule has 0 aliphatic heterocycles. The summed E-state index contributed by atoms with van der Waals surface area (Å²) in [6.45, 7) is 5.62. The zero-order valence-electron chi connectivity index (χ0n) is 9.04. The molecule has 1 amide bonds. The minimum absolute atomic E-state index is 0.0138. The molecule has 0 saturated heterocycles. The summed E-state index contributed by atoms with van der Waals surface area (Å²) in [5.74, 6) is -0.0356. The van der Waals surface area contributed by atoms with Gasteiger partial charge in [0, 0.05) is 5.92 Å². The average Bonchev–Trinajstić information content (AvgIpc) is 2.20. The van der Waals surface area contributed by atoms with Crippen LogP contribution in [0.4, 0.5) is 5.69 Å². The predicted molar refractivity (Wildman–Crippen MR) is 59.9 cm³/mol. The summed E-state index contributed by atoms with van der Waals surface area (Å²) >= 11 is 5.61. The normalized spacial score (nSPS) is 12.3. The van der Waals surface area contributed by atoms with E-state index in [1.165, 1.54) is 6.20 Å². The van der Waals surface area contributed by atoms with Crippen molar-refractivity contribution in [2.45, 2.75) is 27.2 Å². The van der Waals surface area contributed by atoms with Crippen LogP contribution in [0.25, 0.3) is 0 Å². The van der Waals surface area contributed by atoms with Crippen LogP contribution in [0, 0.1) is 12.8 Å². The number of nitrogens with one attached hydrogen (secondary N) is 1. The molecule has 0 saturated carbocycles. The third kappa shape index (κ3) is 3.16. The van der Waals surface area contributed by atoms with Gasteiger partial charge in [-0.15, -0.1) is 0 Å². The number of carbonyl (C=O) groups excluding carboxylic acids is 1. The number of aromatic nitrogens is 2. The first-order valence-electron chi connectivity index (χ1n) is 4.84. The molecule has 1 atom stereocenters. The molecule has 15 heavy (non-hydrogen) atoms. The Bertz CT molecular complexity index is 368. The van der Waals surface area contributed by atoms with Crippen molar-refractivity contribution in [3.8, 4) is 0 Å². The number of hydrogen-bond donors (Lipinski definition) is 1. The largest absolute Gasteiger partial charge is 0.323 e. The Morgan fingerprint density at radius 1 is 1.67 bits per heavy atom. The number of carbonyl (C=O) groups is 1. The number of halogens is 1. The first kappa shape index (κ1) is 11.9. The van der Waals surface area contributed by atoms with Crippen molar-refractivity contribution < 1.29 is 4.79 Å². The van der Waals surface area contributed by atoms with Crippen molar-refractivity contribution in [2.75, 3.05) is 5.32 Å². The summed E-state index contributed by atoms with van der Waals surface area (Å²) in [7, 11) is 0. The van der Waals surface area contributed by atoms with E-state index >= 15 is 0 Å². The quantitative estimate of drug-likeness (QED) is 0.807. The first-order valence-corrected chi connectivity index (χ1v) is 5.22. The summed E-state index contributed by atoms with van der Waals surface area (Å²) in [4.78, 5) is 19.4. The monoisotopic (exact) mass is 227 g/mol. The van der Waals surface area contributed by atoms with Crippen molar-refractivity contribution in [2.24, 2.45) is 5.92 Å².